The van der Waals surface area contributed by atoms with E-state index in [1.165, 1.54) is 11.8 Å². The van der Waals surface area contributed by atoms with Crippen LogP contribution in [0.15, 0.2) is 22.6 Å². The average molecular weight is 291 g/mol. The van der Waals surface area contributed by atoms with Crippen LogP contribution >= 0.6 is 35.0 Å². The van der Waals surface area contributed by atoms with Gasteiger partial charge in [0.15, 0.2) is 11.0 Å². The summed E-state index contributed by atoms with van der Waals surface area (Å²) in [6, 6.07) is 1.57. The van der Waals surface area contributed by atoms with Gasteiger partial charge in [0, 0.05) is 7.05 Å². The van der Waals surface area contributed by atoms with Gasteiger partial charge in [-0.1, -0.05) is 23.2 Å². The Bertz CT molecular complexity index is 543. The summed E-state index contributed by atoms with van der Waals surface area (Å²) in [4.78, 5) is 4.19. The van der Waals surface area contributed by atoms with E-state index in [0.717, 1.165) is 0 Å². The number of nitrogens with two attached hydrogens (primary N) is 1. The fraction of sp³-hybridized carbons (Fsp3) is 0.125. The lowest BCUT2D eigenvalue weighted by Gasteiger charge is -2.07. The number of hydrogen-bond donors (Lipinski definition) is 2. The average Bonchev–Trinajstić information content (AvgIpc) is 2.68. The first-order valence-corrected chi connectivity index (χ1v) is 6.03. The minimum absolute atomic E-state index is 0.361. The number of nitrogens with one attached hydrogen (secondary N) is 1. The molecule has 0 amide bonds. The van der Waals surface area contributed by atoms with Crippen molar-refractivity contribution in [1.82, 2.24) is 19.7 Å². The molecule has 0 aliphatic carbocycles. The molecule has 0 aliphatic rings. The van der Waals surface area contributed by atoms with E-state index in [4.69, 9.17) is 29.0 Å². The van der Waals surface area contributed by atoms with Crippen LogP contribution in [0.1, 0.15) is 0 Å². The number of hydrogen-bond acceptors (Lipinski definition) is 6. The van der Waals surface area contributed by atoms with E-state index in [9.17, 15) is 0 Å². The molecule has 2 heterocycles. The van der Waals surface area contributed by atoms with E-state index in [0.29, 0.717) is 26.0 Å². The molecule has 2 aromatic heterocycles. The summed E-state index contributed by atoms with van der Waals surface area (Å²) in [5, 5.41) is 9.71. The first-order valence-electron chi connectivity index (χ1n) is 4.46. The van der Waals surface area contributed by atoms with Gasteiger partial charge < -0.3 is 9.99 Å². The number of aromatic nitrogens is 4. The van der Waals surface area contributed by atoms with Crippen molar-refractivity contribution in [1.29, 1.82) is 0 Å². The van der Waals surface area contributed by atoms with Crippen LogP contribution in [0.4, 0.5) is 5.82 Å². The van der Waals surface area contributed by atoms with Crippen LogP contribution in [0.5, 0.6) is 0 Å². The number of nitrogens with zero attached hydrogens (tertiary/aromatic N) is 4. The first kappa shape index (κ1) is 12.4. The Morgan fingerprint density at radius 2 is 2.18 bits per heavy atom. The largest absolute Gasteiger partial charge is 0.311 e. The maximum atomic E-state index is 6.03. The van der Waals surface area contributed by atoms with Gasteiger partial charge in [0.2, 0.25) is 0 Å². The fourth-order valence-electron chi connectivity index (χ4n) is 1.07. The Morgan fingerprint density at radius 1 is 1.41 bits per heavy atom. The number of hydrazine groups is 1. The summed E-state index contributed by atoms with van der Waals surface area (Å²) in [6.07, 6.45) is 1.59. The van der Waals surface area contributed by atoms with Gasteiger partial charge in [-0.3, -0.25) is 0 Å². The molecule has 0 radical (unpaired) electrons. The lowest BCUT2D eigenvalue weighted by molar-refractivity contribution is 0.787. The smallest absolute Gasteiger partial charge is 0.197 e. The molecule has 0 aromatic carbocycles. The monoisotopic (exact) mass is 290 g/mol. The molecule has 0 bridgehead atoms. The van der Waals surface area contributed by atoms with Gasteiger partial charge in [0.05, 0.1) is 10.0 Å². The van der Waals surface area contributed by atoms with E-state index >= 15 is 0 Å². The topological polar surface area (TPSA) is 81.7 Å². The molecule has 3 N–H and O–H groups in total. The molecule has 0 saturated heterocycles. The summed E-state index contributed by atoms with van der Waals surface area (Å²) in [5.41, 5.74) is 2.40. The standard InChI is InChI=1S/C8H8Cl2N6S/c1-16-3-12-15-8(16)17-7-5(10)2-4(9)6(13-7)14-11/h2-3H,11H2,1H3,(H,13,14). The Labute approximate surface area is 111 Å². The van der Waals surface area contributed by atoms with Crippen LogP contribution in [-0.2, 0) is 7.05 Å². The van der Waals surface area contributed by atoms with Crippen LogP contribution < -0.4 is 11.3 Å². The second-order valence-corrected chi connectivity index (χ2v) is 4.85. The van der Waals surface area contributed by atoms with E-state index in [1.807, 2.05) is 7.05 Å². The van der Waals surface area contributed by atoms with Crippen LogP contribution in [0.2, 0.25) is 10.0 Å². The summed E-state index contributed by atoms with van der Waals surface area (Å²) >= 11 is 13.2. The predicted octanol–water partition coefficient (Wildman–Crippen LogP) is 1.95. The Kier molecular flexibility index (Phi) is 3.72. The molecule has 0 fully saturated rings. The highest BCUT2D eigenvalue weighted by Gasteiger charge is 2.12. The van der Waals surface area contributed by atoms with E-state index in [1.54, 1.807) is 17.0 Å². The summed E-state index contributed by atoms with van der Waals surface area (Å²) in [5.74, 6) is 5.65. The van der Waals surface area contributed by atoms with Gasteiger partial charge in [0.1, 0.15) is 11.4 Å². The Hall–Kier alpha value is -1.02. The number of anilines is 1. The second-order valence-electron chi connectivity index (χ2n) is 3.08. The predicted molar refractivity (Wildman–Crippen MR) is 67.2 cm³/mol. The number of pyridine rings is 1. The summed E-state index contributed by atoms with van der Waals surface area (Å²) in [7, 11) is 1.83. The lowest BCUT2D eigenvalue weighted by Crippen LogP contribution is -2.09. The first-order chi connectivity index (χ1) is 8.11. The van der Waals surface area contributed by atoms with Crippen molar-refractivity contribution in [2.45, 2.75) is 10.2 Å². The molecule has 0 aliphatic heterocycles. The molecule has 0 unspecified atom stereocenters. The molecule has 0 atom stereocenters. The van der Waals surface area contributed by atoms with Crippen molar-refractivity contribution >= 4 is 40.8 Å². The van der Waals surface area contributed by atoms with Crippen LogP contribution in [0.3, 0.4) is 0 Å². The zero-order chi connectivity index (χ0) is 12.4. The summed E-state index contributed by atoms with van der Waals surface area (Å²) < 4.78 is 1.76. The molecular formula is C8H8Cl2N6S. The quantitative estimate of drug-likeness (QED) is 0.664. The normalized spacial score (nSPS) is 10.6. The van der Waals surface area contributed by atoms with Crippen molar-refractivity contribution < 1.29 is 0 Å². The number of halogens is 2. The van der Waals surface area contributed by atoms with Gasteiger partial charge in [-0.05, 0) is 17.8 Å². The van der Waals surface area contributed by atoms with Crippen molar-refractivity contribution in [3.8, 4) is 0 Å². The van der Waals surface area contributed by atoms with Crippen LogP contribution in [0, 0.1) is 0 Å². The Balaban J connectivity index is 2.36. The molecule has 17 heavy (non-hydrogen) atoms. The SMILES string of the molecule is Cn1cnnc1Sc1nc(NN)c(Cl)cc1Cl. The van der Waals surface area contributed by atoms with Crippen LogP contribution in [-0.4, -0.2) is 19.7 Å². The minimum Gasteiger partial charge on any atom is -0.311 e. The van der Waals surface area contributed by atoms with Gasteiger partial charge in [-0.25, -0.2) is 10.8 Å². The highest BCUT2D eigenvalue weighted by Crippen LogP contribution is 2.34. The minimum atomic E-state index is 0.361. The maximum absolute atomic E-state index is 6.03. The molecule has 90 valence electrons. The molecule has 9 heteroatoms. The van der Waals surface area contributed by atoms with Gasteiger partial charge >= 0.3 is 0 Å². The van der Waals surface area contributed by atoms with Crippen molar-refractivity contribution in [2.75, 3.05) is 5.43 Å². The number of aryl methyl sites for hydroxylation is 1. The third kappa shape index (κ3) is 2.63. The number of rotatable bonds is 3. The molecule has 2 rings (SSSR count). The maximum Gasteiger partial charge on any atom is 0.197 e. The number of nitrogen functional groups attached to an aromatic ring is 1. The second kappa shape index (κ2) is 5.09. The fourth-order valence-corrected chi connectivity index (χ4v) is 2.35. The highest BCUT2D eigenvalue weighted by molar-refractivity contribution is 7.99. The molecule has 0 saturated carbocycles. The van der Waals surface area contributed by atoms with Crippen molar-refractivity contribution in [2.24, 2.45) is 12.9 Å². The highest BCUT2D eigenvalue weighted by atomic mass is 35.5. The van der Waals surface area contributed by atoms with E-state index in [-0.39, 0.29) is 0 Å². The van der Waals surface area contributed by atoms with Crippen molar-refractivity contribution in [3.05, 3.63) is 22.4 Å². The van der Waals surface area contributed by atoms with E-state index in [2.05, 4.69) is 20.6 Å². The molecule has 2 aromatic rings. The third-order valence-corrected chi connectivity index (χ3v) is 3.64. The van der Waals surface area contributed by atoms with Gasteiger partial charge in [0.25, 0.3) is 0 Å². The van der Waals surface area contributed by atoms with Gasteiger partial charge in [-0.2, -0.15) is 0 Å². The summed E-state index contributed by atoms with van der Waals surface area (Å²) in [6.45, 7) is 0. The Morgan fingerprint density at radius 3 is 2.76 bits per heavy atom. The molecule has 0 spiro atoms. The zero-order valence-corrected chi connectivity index (χ0v) is 11.0. The molecule has 6 nitrogen and oxygen atoms in total. The van der Waals surface area contributed by atoms with E-state index < -0.39 is 0 Å². The third-order valence-electron chi connectivity index (χ3n) is 1.89. The van der Waals surface area contributed by atoms with Gasteiger partial charge in [-0.15, -0.1) is 10.2 Å². The lowest BCUT2D eigenvalue weighted by atomic mass is 10.4. The van der Waals surface area contributed by atoms with Crippen LogP contribution in [0.25, 0.3) is 0 Å². The zero-order valence-electron chi connectivity index (χ0n) is 8.69. The molecular weight excluding hydrogens is 283 g/mol. The van der Waals surface area contributed by atoms with Crippen molar-refractivity contribution in [3.63, 3.8) is 0 Å².